The highest BCUT2D eigenvalue weighted by Crippen LogP contribution is 2.32. The molecule has 0 fully saturated rings. The van der Waals surface area contributed by atoms with E-state index in [0.29, 0.717) is 18.2 Å². The molecule has 2 aromatic rings. The summed E-state index contributed by atoms with van der Waals surface area (Å²) < 4.78 is 16.0. The Labute approximate surface area is 111 Å². The van der Waals surface area contributed by atoms with Crippen LogP contribution in [0.25, 0.3) is 11.5 Å². The van der Waals surface area contributed by atoms with Crippen molar-refractivity contribution in [3.8, 4) is 11.5 Å². The Balaban J connectivity index is 2.48. The van der Waals surface area contributed by atoms with E-state index < -0.39 is 5.97 Å². The lowest BCUT2D eigenvalue weighted by Gasteiger charge is -1.97. The fourth-order valence-electron chi connectivity index (χ4n) is 2.00. The van der Waals surface area contributed by atoms with Crippen molar-refractivity contribution in [2.75, 3.05) is 6.61 Å². The maximum Gasteiger partial charge on any atom is 0.376 e. The Morgan fingerprint density at radius 1 is 1.16 bits per heavy atom. The van der Waals surface area contributed by atoms with Gasteiger partial charge in [0.15, 0.2) is 0 Å². The van der Waals surface area contributed by atoms with E-state index in [2.05, 4.69) is 4.98 Å². The van der Waals surface area contributed by atoms with Crippen molar-refractivity contribution in [3.63, 3.8) is 0 Å². The Kier molecular flexibility index (Phi) is 3.46. The maximum absolute atomic E-state index is 11.7. The van der Waals surface area contributed by atoms with Crippen LogP contribution in [0.3, 0.4) is 0 Å². The Morgan fingerprint density at radius 3 is 2.37 bits per heavy atom. The molecule has 2 rings (SSSR count). The second kappa shape index (κ2) is 4.91. The zero-order valence-electron chi connectivity index (χ0n) is 11.8. The molecule has 5 heteroatoms. The van der Waals surface area contributed by atoms with E-state index in [9.17, 15) is 4.79 Å². The molecule has 0 unspecified atom stereocenters. The van der Waals surface area contributed by atoms with Gasteiger partial charge in [-0.25, -0.2) is 9.78 Å². The number of furan rings is 1. The molecule has 2 aromatic heterocycles. The SMILES string of the molecule is CCOC(=O)c1oc(-c2c(C)oc(C)c2C)nc1C. The average Bonchev–Trinajstić information content (AvgIpc) is 2.81. The van der Waals surface area contributed by atoms with Gasteiger partial charge >= 0.3 is 5.97 Å². The summed E-state index contributed by atoms with van der Waals surface area (Å²) in [5, 5.41) is 0. The van der Waals surface area contributed by atoms with E-state index >= 15 is 0 Å². The number of ether oxygens (including phenoxy) is 1. The molecule has 0 N–H and O–H groups in total. The number of aryl methyl sites for hydroxylation is 3. The molecule has 2 heterocycles. The molecule has 0 saturated carbocycles. The number of carbonyl (C=O) groups is 1. The molecule has 0 bridgehead atoms. The van der Waals surface area contributed by atoms with Crippen molar-refractivity contribution in [1.29, 1.82) is 0 Å². The van der Waals surface area contributed by atoms with Crippen molar-refractivity contribution < 1.29 is 18.4 Å². The van der Waals surface area contributed by atoms with Gasteiger partial charge in [0.05, 0.1) is 17.9 Å². The number of esters is 1. The van der Waals surface area contributed by atoms with Gasteiger partial charge in [-0.3, -0.25) is 0 Å². The van der Waals surface area contributed by atoms with Crippen molar-refractivity contribution in [3.05, 3.63) is 28.5 Å². The van der Waals surface area contributed by atoms with Gasteiger partial charge in [-0.05, 0) is 34.6 Å². The summed E-state index contributed by atoms with van der Waals surface area (Å²) in [5.41, 5.74) is 2.29. The van der Waals surface area contributed by atoms with Gasteiger partial charge in [-0.1, -0.05) is 0 Å². The standard InChI is InChI=1S/C14H17NO4/c1-6-17-14(16)12-8(3)15-13(19-12)11-7(2)9(4)18-10(11)5/h6H2,1-5H3. The first-order chi connectivity index (χ1) is 8.95. The molecular weight excluding hydrogens is 246 g/mol. The number of aromatic nitrogens is 1. The van der Waals surface area contributed by atoms with E-state index in [1.54, 1.807) is 13.8 Å². The number of oxazole rings is 1. The maximum atomic E-state index is 11.7. The highest BCUT2D eigenvalue weighted by atomic mass is 16.5. The first kappa shape index (κ1) is 13.4. The predicted octanol–water partition coefficient (Wildman–Crippen LogP) is 3.34. The van der Waals surface area contributed by atoms with Crippen LogP contribution in [-0.2, 0) is 4.74 Å². The van der Waals surface area contributed by atoms with E-state index in [1.807, 2.05) is 20.8 Å². The van der Waals surface area contributed by atoms with Gasteiger partial charge in [0, 0.05) is 5.56 Å². The summed E-state index contributed by atoms with van der Waals surface area (Å²) in [4.78, 5) is 16.0. The van der Waals surface area contributed by atoms with Gasteiger partial charge in [0.1, 0.15) is 11.5 Å². The van der Waals surface area contributed by atoms with Crippen molar-refractivity contribution in [2.24, 2.45) is 0 Å². The molecule has 0 aromatic carbocycles. The summed E-state index contributed by atoms with van der Waals surface area (Å²) >= 11 is 0. The van der Waals surface area contributed by atoms with E-state index in [0.717, 1.165) is 22.6 Å². The first-order valence-corrected chi connectivity index (χ1v) is 6.17. The largest absolute Gasteiger partial charge is 0.466 e. The fourth-order valence-corrected chi connectivity index (χ4v) is 2.00. The van der Waals surface area contributed by atoms with Crippen LogP contribution in [0.5, 0.6) is 0 Å². The van der Waals surface area contributed by atoms with Crippen molar-refractivity contribution in [2.45, 2.75) is 34.6 Å². The summed E-state index contributed by atoms with van der Waals surface area (Å²) in [5.74, 6) is 1.60. The molecular formula is C14H17NO4. The van der Waals surface area contributed by atoms with Gasteiger partial charge in [-0.2, -0.15) is 0 Å². The predicted molar refractivity (Wildman–Crippen MR) is 69.1 cm³/mol. The second-order valence-electron chi connectivity index (χ2n) is 4.37. The fraction of sp³-hybridized carbons (Fsp3) is 0.429. The average molecular weight is 263 g/mol. The minimum atomic E-state index is -0.491. The lowest BCUT2D eigenvalue weighted by molar-refractivity contribution is 0.0490. The number of rotatable bonds is 3. The number of carbonyl (C=O) groups excluding carboxylic acids is 1. The molecule has 102 valence electrons. The quantitative estimate of drug-likeness (QED) is 0.794. The lowest BCUT2D eigenvalue weighted by Crippen LogP contribution is -2.04. The highest BCUT2D eigenvalue weighted by molar-refractivity contribution is 5.88. The van der Waals surface area contributed by atoms with Crippen LogP contribution in [-0.4, -0.2) is 17.6 Å². The van der Waals surface area contributed by atoms with E-state index in [1.165, 1.54) is 0 Å². The first-order valence-electron chi connectivity index (χ1n) is 6.17. The zero-order valence-corrected chi connectivity index (χ0v) is 11.8. The van der Waals surface area contributed by atoms with E-state index in [-0.39, 0.29) is 5.76 Å². The van der Waals surface area contributed by atoms with Crippen LogP contribution in [0.15, 0.2) is 8.83 Å². The minimum Gasteiger partial charge on any atom is -0.466 e. The summed E-state index contributed by atoms with van der Waals surface area (Å²) in [7, 11) is 0. The molecule has 0 aliphatic heterocycles. The molecule has 0 atom stereocenters. The number of hydrogen-bond acceptors (Lipinski definition) is 5. The monoisotopic (exact) mass is 263 g/mol. The molecule has 19 heavy (non-hydrogen) atoms. The summed E-state index contributed by atoms with van der Waals surface area (Å²) in [6, 6.07) is 0. The Bertz CT molecular complexity index is 622. The topological polar surface area (TPSA) is 65.5 Å². The molecule has 0 amide bonds. The van der Waals surface area contributed by atoms with Crippen LogP contribution < -0.4 is 0 Å². The molecule has 0 aliphatic carbocycles. The smallest absolute Gasteiger partial charge is 0.376 e. The van der Waals surface area contributed by atoms with Crippen LogP contribution in [0, 0.1) is 27.7 Å². The second-order valence-corrected chi connectivity index (χ2v) is 4.37. The molecule has 0 aliphatic rings. The number of nitrogens with zero attached hydrogens (tertiary/aromatic N) is 1. The lowest BCUT2D eigenvalue weighted by atomic mass is 10.1. The van der Waals surface area contributed by atoms with Crippen molar-refractivity contribution in [1.82, 2.24) is 4.98 Å². The van der Waals surface area contributed by atoms with Crippen LogP contribution >= 0.6 is 0 Å². The third-order valence-corrected chi connectivity index (χ3v) is 3.03. The van der Waals surface area contributed by atoms with Gasteiger partial charge < -0.3 is 13.6 Å². The van der Waals surface area contributed by atoms with Gasteiger partial charge in [0.2, 0.25) is 11.7 Å². The zero-order chi connectivity index (χ0) is 14.2. The molecule has 0 saturated heterocycles. The van der Waals surface area contributed by atoms with Gasteiger partial charge in [0.25, 0.3) is 0 Å². The Hall–Kier alpha value is -2.04. The third-order valence-electron chi connectivity index (χ3n) is 3.03. The van der Waals surface area contributed by atoms with Crippen LogP contribution in [0.2, 0.25) is 0 Å². The number of hydrogen-bond donors (Lipinski definition) is 0. The highest BCUT2D eigenvalue weighted by Gasteiger charge is 2.23. The van der Waals surface area contributed by atoms with Crippen LogP contribution in [0.1, 0.15) is 40.3 Å². The molecule has 0 spiro atoms. The minimum absolute atomic E-state index is 0.148. The Morgan fingerprint density at radius 2 is 1.84 bits per heavy atom. The molecule has 0 radical (unpaired) electrons. The summed E-state index contributed by atoms with van der Waals surface area (Å²) in [6.45, 7) is 9.43. The third kappa shape index (κ3) is 2.28. The molecule has 5 nitrogen and oxygen atoms in total. The van der Waals surface area contributed by atoms with Crippen molar-refractivity contribution >= 4 is 5.97 Å². The van der Waals surface area contributed by atoms with E-state index in [4.69, 9.17) is 13.6 Å². The normalized spacial score (nSPS) is 10.8. The van der Waals surface area contributed by atoms with Gasteiger partial charge in [-0.15, -0.1) is 0 Å². The summed E-state index contributed by atoms with van der Waals surface area (Å²) in [6.07, 6.45) is 0. The van der Waals surface area contributed by atoms with Crippen LogP contribution in [0.4, 0.5) is 0 Å².